The molecule has 0 bridgehead atoms. The summed E-state index contributed by atoms with van der Waals surface area (Å²) in [5.41, 5.74) is 0.512. The summed E-state index contributed by atoms with van der Waals surface area (Å²) in [5.74, 6) is 0.700. The van der Waals surface area contributed by atoms with Crippen LogP contribution in [0, 0.1) is 11.3 Å². The average Bonchev–Trinajstić information content (AvgIpc) is 2.48. The molecule has 0 aliphatic rings. The molecule has 4 nitrogen and oxygen atoms in total. The number of hydrogen-bond donors (Lipinski definition) is 0. The van der Waals surface area contributed by atoms with Gasteiger partial charge in [0.2, 0.25) is 0 Å². The second kappa shape index (κ2) is 6.40. The van der Waals surface area contributed by atoms with Crippen LogP contribution < -0.4 is 9.47 Å². The molecule has 0 atom stereocenters. The topological polar surface area (TPSA) is 59.3 Å². The zero-order valence-corrected chi connectivity index (χ0v) is 11.5. The fourth-order valence-electron chi connectivity index (χ4n) is 1.55. The van der Waals surface area contributed by atoms with Crippen molar-refractivity contribution in [2.75, 3.05) is 0 Å². The highest BCUT2D eigenvalue weighted by atomic mass is 16.5. The first-order valence-electron chi connectivity index (χ1n) is 6.25. The molecule has 0 fully saturated rings. The maximum atomic E-state index is 11.6. The lowest BCUT2D eigenvalue weighted by Gasteiger charge is -2.09. The van der Waals surface area contributed by atoms with E-state index in [4.69, 9.17) is 14.7 Å². The smallest absolute Gasteiger partial charge is 0.338 e. The standard InChI is InChI=1S/C17H13NO3/c1-12(2)17(19)21-16-10-15(9-8-13(16)11-18)20-14-6-4-3-5-7-14/h3-10H,1H2,2H3. The van der Waals surface area contributed by atoms with Crippen molar-refractivity contribution < 1.29 is 14.3 Å². The van der Waals surface area contributed by atoms with E-state index in [0.29, 0.717) is 11.5 Å². The van der Waals surface area contributed by atoms with Crippen molar-refractivity contribution in [3.05, 3.63) is 66.2 Å². The first kappa shape index (κ1) is 14.4. The van der Waals surface area contributed by atoms with Gasteiger partial charge >= 0.3 is 5.97 Å². The Labute approximate surface area is 122 Å². The van der Waals surface area contributed by atoms with Crippen LogP contribution in [-0.2, 0) is 4.79 Å². The molecule has 0 unspecified atom stereocenters. The van der Waals surface area contributed by atoms with E-state index in [1.807, 2.05) is 24.3 Å². The Bertz CT molecular complexity index is 715. The molecule has 0 aromatic heterocycles. The van der Waals surface area contributed by atoms with Crippen LogP contribution in [0.3, 0.4) is 0 Å². The number of nitriles is 1. The van der Waals surface area contributed by atoms with E-state index in [9.17, 15) is 4.79 Å². The second-order valence-electron chi connectivity index (χ2n) is 4.35. The van der Waals surface area contributed by atoms with Crippen molar-refractivity contribution in [1.29, 1.82) is 5.26 Å². The van der Waals surface area contributed by atoms with Crippen LogP contribution in [0.2, 0.25) is 0 Å². The van der Waals surface area contributed by atoms with Gasteiger partial charge in [0.15, 0.2) is 5.75 Å². The van der Waals surface area contributed by atoms with Crippen LogP contribution in [0.25, 0.3) is 0 Å². The summed E-state index contributed by atoms with van der Waals surface area (Å²) >= 11 is 0. The first-order chi connectivity index (χ1) is 10.1. The number of esters is 1. The molecule has 0 heterocycles. The Morgan fingerprint density at radius 2 is 1.86 bits per heavy atom. The van der Waals surface area contributed by atoms with Crippen molar-refractivity contribution in [3.8, 4) is 23.3 Å². The monoisotopic (exact) mass is 279 g/mol. The van der Waals surface area contributed by atoms with E-state index in [1.165, 1.54) is 6.07 Å². The highest BCUT2D eigenvalue weighted by molar-refractivity contribution is 5.89. The second-order valence-corrected chi connectivity index (χ2v) is 4.35. The van der Waals surface area contributed by atoms with Crippen LogP contribution in [0.15, 0.2) is 60.7 Å². The van der Waals surface area contributed by atoms with Gasteiger partial charge < -0.3 is 9.47 Å². The van der Waals surface area contributed by atoms with Crippen molar-refractivity contribution >= 4 is 5.97 Å². The minimum atomic E-state index is -0.580. The minimum Gasteiger partial charge on any atom is -0.457 e. The van der Waals surface area contributed by atoms with Crippen molar-refractivity contribution in [2.24, 2.45) is 0 Å². The molecule has 4 heteroatoms. The van der Waals surface area contributed by atoms with Crippen molar-refractivity contribution in [3.63, 3.8) is 0 Å². The highest BCUT2D eigenvalue weighted by Gasteiger charge is 2.11. The van der Waals surface area contributed by atoms with Crippen LogP contribution >= 0.6 is 0 Å². The summed E-state index contributed by atoms with van der Waals surface area (Å²) in [4.78, 5) is 11.6. The van der Waals surface area contributed by atoms with Gasteiger partial charge in [-0.25, -0.2) is 4.79 Å². The van der Waals surface area contributed by atoms with E-state index in [0.717, 1.165) is 0 Å². The first-order valence-corrected chi connectivity index (χ1v) is 6.25. The van der Waals surface area contributed by atoms with Crippen molar-refractivity contribution in [2.45, 2.75) is 6.92 Å². The fourth-order valence-corrected chi connectivity index (χ4v) is 1.55. The molecular formula is C17H13NO3. The molecule has 0 spiro atoms. The number of hydrogen-bond acceptors (Lipinski definition) is 4. The maximum Gasteiger partial charge on any atom is 0.338 e. The summed E-state index contributed by atoms with van der Waals surface area (Å²) < 4.78 is 10.8. The number of benzene rings is 2. The molecule has 0 aliphatic heterocycles. The molecule has 0 N–H and O–H groups in total. The summed E-state index contributed by atoms with van der Waals surface area (Å²) in [6, 6.07) is 15.8. The quantitative estimate of drug-likeness (QED) is 0.485. The number of carbonyl (C=O) groups excluding carboxylic acids is 1. The minimum absolute atomic E-state index is 0.152. The third-order valence-electron chi connectivity index (χ3n) is 2.60. The Balaban J connectivity index is 2.27. The molecule has 0 saturated carbocycles. The Kier molecular flexibility index (Phi) is 4.37. The van der Waals surface area contributed by atoms with Crippen LogP contribution in [0.1, 0.15) is 12.5 Å². The van der Waals surface area contributed by atoms with Gasteiger partial charge in [0.05, 0.1) is 5.56 Å². The molecule has 2 rings (SSSR count). The molecular weight excluding hydrogens is 266 g/mol. The normalized spacial score (nSPS) is 9.52. The largest absolute Gasteiger partial charge is 0.457 e. The predicted molar refractivity (Wildman–Crippen MR) is 78.1 cm³/mol. The van der Waals surface area contributed by atoms with Gasteiger partial charge in [0, 0.05) is 11.6 Å². The van der Waals surface area contributed by atoms with Gasteiger partial charge in [-0.1, -0.05) is 24.8 Å². The van der Waals surface area contributed by atoms with Gasteiger partial charge in [0.1, 0.15) is 17.6 Å². The van der Waals surface area contributed by atoms with E-state index >= 15 is 0 Å². The van der Waals surface area contributed by atoms with Gasteiger partial charge in [-0.2, -0.15) is 5.26 Å². The predicted octanol–water partition coefficient (Wildman–Crippen LogP) is 3.83. The number of rotatable bonds is 4. The van der Waals surface area contributed by atoms with Gasteiger partial charge in [-0.05, 0) is 31.2 Å². The zero-order valence-electron chi connectivity index (χ0n) is 11.5. The molecule has 0 amide bonds. The molecule has 104 valence electrons. The van der Waals surface area contributed by atoms with Crippen LogP contribution in [0.5, 0.6) is 17.2 Å². The molecule has 0 aliphatic carbocycles. The van der Waals surface area contributed by atoms with E-state index in [-0.39, 0.29) is 16.9 Å². The molecule has 0 saturated heterocycles. The molecule has 0 radical (unpaired) electrons. The SMILES string of the molecule is C=C(C)C(=O)Oc1cc(Oc2ccccc2)ccc1C#N. The maximum absolute atomic E-state index is 11.6. The molecule has 2 aromatic carbocycles. The van der Waals surface area contributed by atoms with Crippen LogP contribution in [0.4, 0.5) is 0 Å². The Morgan fingerprint density at radius 3 is 2.48 bits per heavy atom. The zero-order chi connectivity index (χ0) is 15.2. The highest BCUT2D eigenvalue weighted by Crippen LogP contribution is 2.28. The van der Waals surface area contributed by atoms with Crippen molar-refractivity contribution in [1.82, 2.24) is 0 Å². The summed E-state index contributed by atoms with van der Waals surface area (Å²) in [6.45, 7) is 5.05. The summed E-state index contributed by atoms with van der Waals surface area (Å²) in [6.07, 6.45) is 0. The molecule has 21 heavy (non-hydrogen) atoms. The summed E-state index contributed by atoms with van der Waals surface area (Å²) in [5, 5.41) is 9.05. The lowest BCUT2D eigenvalue weighted by molar-refractivity contribution is -0.130. The van der Waals surface area contributed by atoms with Gasteiger partial charge in [0.25, 0.3) is 0 Å². The van der Waals surface area contributed by atoms with E-state index in [2.05, 4.69) is 6.58 Å². The van der Waals surface area contributed by atoms with Crippen LogP contribution in [-0.4, -0.2) is 5.97 Å². The third kappa shape index (κ3) is 3.71. The molecule has 2 aromatic rings. The number of para-hydroxylation sites is 1. The number of nitrogens with zero attached hydrogens (tertiary/aromatic N) is 1. The van der Waals surface area contributed by atoms with Gasteiger partial charge in [-0.15, -0.1) is 0 Å². The van der Waals surface area contributed by atoms with E-state index in [1.54, 1.807) is 31.2 Å². The van der Waals surface area contributed by atoms with Gasteiger partial charge in [-0.3, -0.25) is 0 Å². The Hall–Kier alpha value is -3.06. The average molecular weight is 279 g/mol. The summed E-state index contributed by atoms with van der Waals surface area (Å²) in [7, 11) is 0. The third-order valence-corrected chi connectivity index (χ3v) is 2.60. The number of carbonyl (C=O) groups is 1. The van der Waals surface area contributed by atoms with E-state index < -0.39 is 5.97 Å². The Morgan fingerprint density at radius 1 is 1.14 bits per heavy atom. The lowest BCUT2D eigenvalue weighted by atomic mass is 10.2. The lowest BCUT2D eigenvalue weighted by Crippen LogP contribution is -2.09. The number of ether oxygens (including phenoxy) is 2. The fraction of sp³-hybridized carbons (Fsp3) is 0.0588.